The van der Waals surface area contributed by atoms with E-state index in [-0.39, 0.29) is 11.9 Å². The third-order valence-corrected chi connectivity index (χ3v) is 3.82. The number of aryl methyl sites for hydroxylation is 1. The van der Waals surface area contributed by atoms with Gasteiger partial charge < -0.3 is 10.6 Å². The van der Waals surface area contributed by atoms with Crippen molar-refractivity contribution in [2.75, 3.05) is 13.1 Å². The van der Waals surface area contributed by atoms with Gasteiger partial charge in [-0.25, -0.2) is 0 Å². The van der Waals surface area contributed by atoms with Crippen molar-refractivity contribution < 1.29 is 4.79 Å². The topological polar surface area (TPSA) is 46.3 Å². The van der Waals surface area contributed by atoms with E-state index in [0.29, 0.717) is 6.54 Å². The van der Waals surface area contributed by atoms with E-state index < -0.39 is 0 Å². The lowest BCUT2D eigenvalue weighted by molar-refractivity contribution is 0.0740. The smallest absolute Gasteiger partial charge is 0.254 e. The first kappa shape index (κ1) is 12.6. The lowest BCUT2D eigenvalue weighted by Gasteiger charge is -2.24. The Morgan fingerprint density at radius 3 is 3.00 bits per heavy atom. The summed E-state index contributed by atoms with van der Waals surface area (Å²) in [5.41, 5.74) is 7.49. The van der Waals surface area contributed by atoms with Crippen molar-refractivity contribution in [2.45, 2.75) is 25.8 Å². The SMILES string of the molecule is Cc1cc(Br)ccc1C(=O)N1CCC[C@@H]1CN. The summed E-state index contributed by atoms with van der Waals surface area (Å²) in [5, 5.41) is 0. The molecule has 4 heteroatoms. The van der Waals surface area contributed by atoms with Crippen LogP contribution >= 0.6 is 15.9 Å². The van der Waals surface area contributed by atoms with Crippen molar-refractivity contribution in [3.05, 3.63) is 33.8 Å². The Morgan fingerprint density at radius 2 is 2.35 bits per heavy atom. The number of rotatable bonds is 2. The second-order valence-corrected chi connectivity index (χ2v) is 5.41. The van der Waals surface area contributed by atoms with Gasteiger partial charge in [-0.1, -0.05) is 15.9 Å². The molecule has 1 saturated heterocycles. The average molecular weight is 297 g/mol. The third-order valence-electron chi connectivity index (χ3n) is 3.33. The van der Waals surface area contributed by atoms with Crippen LogP contribution in [-0.4, -0.2) is 29.9 Å². The number of halogens is 1. The lowest BCUT2D eigenvalue weighted by atomic mass is 10.1. The molecule has 1 aliphatic heterocycles. The Kier molecular flexibility index (Phi) is 3.84. The molecule has 92 valence electrons. The molecule has 0 bridgehead atoms. The van der Waals surface area contributed by atoms with E-state index >= 15 is 0 Å². The number of carbonyl (C=O) groups excluding carboxylic acids is 1. The minimum atomic E-state index is 0.114. The van der Waals surface area contributed by atoms with Gasteiger partial charge in [-0.3, -0.25) is 4.79 Å². The molecule has 2 rings (SSSR count). The molecule has 0 aliphatic carbocycles. The fraction of sp³-hybridized carbons (Fsp3) is 0.462. The average Bonchev–Trinajstić information content (AvgIpc) is 2.76. The van der Waals surface area contributed by atoms with Crippen LogP contribution < -0.4 is 5.73 Å². The standard InChI is InChI=1S/C13H17BrN2O/c1-9-7-10(14)4-5-12(9)13(17)16-6-2-3-11(16)8-15/h4-5,7,11H,2-3,6,8,15H2,1H3/t11-/m1/s1. The van der Waals surface area contributed by atoms with Crippen molar-refractivity contribution in [1.29, 1.82) is 0 Å². The minimum Gasteiger partial charge on any atom is -0.334 e. The number of hydrogen-bond acceptors (Lipinski definition) is 2. The van der Waals surface area contributed by atoms with Crippen LogP contribution in [0.4, 0.5) is 0 Å². The normalized spacial score (nSPS) is 19.7. The van der Waals surface area contributed by atoms with Gasteiger partial charge in [0, 0.05) is 29.2 Å². The van der Waals surface area contributed by atoms with Gasteiger partial charge in [0.25, 0.3) is 5.91 Å². The first-order valence-corrected chi connectivity index (χ1v) is 6.70. The van der Waals surface area contributed by atoms with Crippen LogP contribution in [0.2, 0.25) is 0 Å². The highest BCUT2D eigenvalue weighted by Gasteiger charge is 2.28. The number of carbonyl (C=O) groups is 1. The van der Waals surface area contributed by atoms with E-state index in [9.17, 15) is 4.79 Å². The number of benzene rings is 1. The van der Waals surface area contributed by atoms with Crippen LogP contribution in [-0.2, 0) is 0 Å². The van der Waals surface area contributed by atoms with Gasteiger partial charge >= 0.3 is 0 Å². The van der Waals surface area contributed by atoms with Crippen molar-refractivity contribution in [3.63, 3.8) is 0 Å². The molecule has 1 aliphatic rings. The number of likely N-dealkylation sites (tertiary alicyclic amines) is 1. The Labute approximate surface area is 110 Å². The predicted octanol–water partition coefficient (Wildman–Crippen LogP) is 2.32. The number of nitrogens with two attached hydrogens (primary N) is 1. The zero-order valence-electron chi connectivity index (χ0n) is 9.95. The number of amides is 1. The molecule has 0 spiro atoms. The van der Waals surface area contributed by atoms with Gasteiger partial charge in [0.15, 0.2) is 0 Å². The summed E-state index contributed by atoms with van der Waals surface area (Å²) in [6.45, 7) is 3.35. The van der Waals surface area contributed by atoms with Crippen LogP contribution in [0.1, 0.15) is 28.8 Å². The number of hydrogen-bond donors (Lipinski definition) is 1. The second kappa shape index (κ2) is 5.19. The minimum absolute atomic E-state index is 0.114. The highest BCUT2D eigenvalue weighted by Crippen LogP contribution is 2.22. The molecule has 1 aromatic rings. The van der Waals surface area contributed by atoms with E-state index in [1.54, 1.807) is 0 Å². The predicted molar refractivity (Wildman–Crippen MR) is 72.0 cm³/mol. The van der Waals surface area contributed by atoms with E-state index in [1.165, 1.54) is 0 Å². The van der Waals surface area contributed by atoms with E-state index in [2.05, 4.69) is 15.9 Å². The molecule has 3 nitrogen and oxygen atoms in total. The largest absolute Gasteiger partial charge is 0.334 e. The Hall–Kier alpha value is -0.870. The zero-order valence-corrected chi connectivity index (χ0v) is 11.5. The Balaban J connectivity index is 2.24. The quantitative estimate of drug-likeness (QED) is 0.910. The molecular formula is C13H17BrN2O. The van der Waals surface area contributed by atoms with Crippen LogP contribution in [0, 0.1) is 6.92 Å². The maximum atomic E-state index is 12.4. The highest BCUT2D eigenvalue weighted by atomic mass is 79.9. The molecule has 2 N–H and O–H groups in total. The molecule has 0 saturated carbocycles. The zero-order chi connectivity index (χ0) is 12.4. The third kappa shape index (κ3) is 2.53. The van der Waals surface area contributed by atoms with E-state index in [1.807, 2.05) is 30.0 Å². The first-order chi connectivity index (χ1) is 8.13. The van der Waals surface area contributed by atoms with Crippen LogP contribution in [0.15, 0.2) is 22.7 Å². The van der Waals surface area contributed by atoms with Crippen LogP contribution in [0.5, 0.6) is 0 Å². The molecule has 1 heterocycles. The summed E-state index contributed by atoms with van der Waals surface area (Å²) in [7, 11) is 0. The molecule has 0 unspecified atom stereocenters. The van der Waals surface area contributed by atoms with Crippen LogP contribution in [0.3, 0.4) is 0 Å². The summed E-state index contributed by atoms with van der Waals surface area (Å²) in [6.07, 6.45) is 2.08. The van der Waals surface area contributed by atoms with Gasteiger partial charge in [-0.05, 0) is 43.5 Å². The fourth-order valence-electron chi connectivity index (χ4n) is 2.37. The molecule has 17 heavy (non-hydrogen) atoms. The maximum absolute atomic E-state index is 12.4. The highest BCUT2D eigenvalue weighted by molar-refractivity contribution is 9.10. The Bertz CT molecular complexity index is 433. The van der Waals surface area contributed by atoms with Gasteiger partial charge in [-0.15, -0.1) is 0 Å². The molecule has 0 aromatic heterocycles. The summed E-state index contributed by atoms with van der Waals surface area (Å²) in [4.78, 5) is 14.3. The summed E-state index contributed by atoms with van der Waals surface area (Å²) >= 11 is 3.41. The van der Waals surface area contributed by atoms with Gasteiger partial charge in [0.1, 0.15) is 0 Å². The molecular weight excluding hydrogens is 280 g/mol. The molecule has 1 amide bonds. The monoisotopic (exact) mass is 296 g/mol. The summed E-state index contributed by atoms with van der Waals surface area (Å²) < 4.78 is 1.00. The van der Waals surface area contributed by atoms with Crippen molar-refractivity contribution in [1.82, 2.24) is 4.90 Å². The summed E-state index contributed by atoms with van der Waals surface area (Å²) in [6, 6.07) is 5.98. The second-order valence-electron chi connectivity index (χ2n) is 4.49. The van der Waals surface area contributed by atoms with Crippen molar-refractivity contribution in [3.8, 4) is 0 Å². The molecule has 1 atom stereocenters. The Morgan fingerprint density at radius 1 is 1.59 bits per heavy atom. The van der Waals surface area contributed by atoms with E-state index in [0.717, 1.165) is 35.0 Å². The summed E-state index contributed by atoms with van der Waals surface area (Å²) in [5.74, 6) is 0.114. The first-order valence-electron chi connectivity index (χ1n) is 5.90. The molecule has 0 radical (unpaired) electrons. The van der Waals surface area contributed by atoms with Gasteiger partial charge in [0.05, 0.1) is 0 Å². The maximum Gasteiger partial charge on any atom is 0.254 e. The lowest BCUT2D eigenvalue weighted by Crippen LogP contribution is -2.40. The fourth-order valence-corrected chi connectivity index (χ4v) is 2.85. The van der Waals surface area contributed by atoms with Crippen molar-refractivity contribution >= 4 is 21.8 Å². The number of nitrogens with zero attached hydrogens (tertiary/aromatic N) is 1. The van der Waals surface area contributed by atoms with Gasteiger partial charge in [-0.2, -0.15) is 0 Å². The van der Waals surface area contributed by atoms with Gasteiger partial charge in [0.2, 0.25) is 0 Å². The van der Waals surface area contributed by atoms with Crippen LogP contribution in [0.25, 0.3) is 0 Å². The molecule has 1 fully saturated rings. The van der Waals surface area contributed by atoms with E-state index in [4.69, 9.17) is 5.73 Å². The van der Waals surface area contributed by atoms with Crippen molar-refractivity contribution in [2.24, 2.45) is 5.73 Å². The molecule has 1 aromatic carbocycles.